The summed E-state index contributed by atoms with van der Waals surface area (Å²) >= 11 is 0. The number of hydrogen-bond donors (Lipinski definition) is 1. The number of hydrogen-bond acceptors (Lipinski definition) is 5. The number of pyridine rings is 1. The Morgan fingerprint density at radius 1 is 1.17 bits per heavy atom. The molecule has 1 aromatic rings. The number of nitrogens with zero attached hydrogens (tertiary/aromatic N) is 5. The van der Waals surface area contributed by atoms with Crippen LogP contribution >= 0.6 is 24.0 Å². The van der Waals surface area contributed by atoms with E-state index < -0.39 is 0 Å². The molecule has 0 aliphatic carbocycles. The normalized spacial score (nSPS) is 31.7. The minimum Gasteiger partial charge on any atom is -0.374 e. The molecule has 4 atom stereocenters. The van der Waals surface area contributed by atoms with Gasteiger partial charge >= 0.3 is 0 Å². The smallest absolute Gasteiger partial charge is 0.193 e. The minimum atomic E-state index is 0. The molecule has 5 heterocycles. The monoisotopic (exact) mass is 512 g/mol. The van der Waals surface area contributed by atoms with Gasteiger partial charge in [-0.05, 0) is 37.6 Å². The fourth-order valence-corrected chi connectivity index (χ4v) is 5.43. The Labute approximate surface area is 190 Å². The van der Waals surface area contributed by atoms with Crippen LogP contribution in [-0.2, 0) is 11.3 Å². The number of halogens is 1. The highest BCUT2D eigenvalue weighted by molar-refractivity contribution is 14.0. The van der Waals surface area contributed by atoms with E-state index in [1.807, 2.05) is 13.2 Å². The number of likely N-dealkylation sites (N-methyl/N-ethyl adjacent to an activating group) is 1. The molecule has 5 rings (SSSR count). The van der Waals surface area contributed by atoms with Crippen LogP contribution in [0.4, 0.5) is 5.82 Å². The predicted molar refractivity (Wildman–Crippen MR) is 126 cm³/mol. The lowest BCUT2D eigenvalue weighted by Gasteiger charge is -2.33. The molecule has 4 fully saturated rings. The third kappa shape index (κ3) is 4.20. The van der Waals surface area contributed by atoms with E-state index in [9.17, 15) is 0 Å². The molecule has 160 valence electrons. The van der Waals surface area contributed by atoms with Crippen molar-refractivity contribution in [2.75, 3.05) is 58.3 Å². The molecule has 4 unspecified atom stereocenters. The molecule has 0 amide bonds. The second-order valence-electron chi connectivity index (χ2n) is 8.74. The highest BCUT2D eigenvalue weighted by Crippen LogP contribution is 2.47. The first-order chi connectivity index (χ1) is 13.7. The number of aliphatic imine (C=N–C) groups is 1. The number of anilines is 1. The van der Waals surface area contributed by atoms with E-state index in [0.29, 0.717) is 24.0 Å². The lowest BCUT2D eigenvalue weighted by atomic mass is 9.82. The van der Waals surface area contributed by atoms with Gasteiger partial charge in [-0.1, -0.05) is 0 Å². The molecule has 0 aromatic carbocycles. The van der Waals surface area contributed by atoms with Crippen LogP contribution in [0.2, 0.25) is 0 Å². The van der Waals surface area contributed by atoms with Gasteiger partial charge in [-0.25, -0.2) is 4.98 Å². The van der Waals surface area contributed by atoms with Crippen molar-refractivity contribution in [2.24, 2.45) is 16.8 Å². The van der Waals surface area contributed by atoms with E-state index >= 15 is 0 Å². The third-order valence-electron chi connectivity index (χ3n) is 7.05. The van der Waals surface area contributed by atoms with Gasteiger partial charge in [0.05, 0.1) is 12.2 Å². The highest BCUT2D eigenvalue weighted by atomic mass is 127. The molecule has 4 aliphatic rings. The number of ether oxygens (including phenoxy) is 1. The molecule has 1 aromatic heterocycles. The van der Waals surface area contributed by atoms with Crippen molar-refractivity contribution in [1.82, 2.24) is 20.1 Å². The molecule has 0 radical (unpaired) electrons. The van der Waals surface area contributed by atoms with Gasteiger partial charge in [0.25, 0.3) is 0 Å². The first-order valence-electron chi connectivity index (χ1n) is 10.7. The Bertz CT molecular complexity index is 720. The number of piperazine rings is 1. The molecule has 2 bridgehead atoms. The van der Waals surface area contributed by atoms with Crippen LogP contribution in [0.25, 0.3) is 0 Å². The summed E-state index contributed by atoms with van der Waals surface area (Å²) < 4.78 is 6.11. The second kappa shape index (κ2) is 8.93. The van der Waals surface area contributed by atoms with Crippen LogP contribution in [0.15, 0.2) is 23.3 Å². The van der Waals surface area contributed by atoms with E-state index in [1.165, 1.54) is 18.4 Å². The summed E-state index contributed by atoms with van der Waals surface area (Å²) in [7, 11) is 4.07. The van der Waals surface area contributed by atoms with Crippen molar-refractivity contribution < 1.29 is 4.74 Å². The van der Waals surface area contributed by atoms with Crippen molar-refractivity contribution in [3.05, 3.63) is 23.9 Å². The molecule has 0 spiro atoms. The molecular formula is C21H33IN6O. The summed E-state index contributed by atoms with van der Waals surface area (Å²) in [5.74, 6) is 3.50. The molecular weight excluding hydrogens is 479 g/mol. The zero-order chi connectivity index (χ0) is 19.1. The summed E-state index contributed by atoms with van der Waals surface area (Å²) in [5.41, 5.74) is 1.26. The van der Waals surface area contributed by atoms with Crippen LogP contribution in [0.3, 0.4) is 0 Å². The molecule has 8 heteroatoms. The maximum Gasteiger partial charge on any atom is 0.193 e. The van der Waals surface area contributed by atoms with Gasteiger partial charge < -0.3 is 24.8 Å². The average Bonchev–Trinajstić information content (AvgIpc) is 3.43. The summed E-state index contributed by atoms with van der Waals surface area (Å²) in [5, 5.41) is 3.58. The Morgan fingerprint density at radius 3 is 2.52 bits per heavy atom. The molecule has 4 saturated heterocycles. The van der Waals surface area contributed by atoms with Gasteiger partial charge in [-0.2, -0.15) is 0 Å². The second-order valence-corrected chi connectivity index (χ2v) is 8.74. The predicted octanol–water partition coefficient (Wildman–Crippen LogP) is 1.64. The number of guanidine groups is 1. The van der Waals surface area contributed by atoms with Crippen molar-refractivity contribution in [2.45, 2.75) is 31.6 Å². The summed E-state index contributed by atoms with van der Waals surface area (Å²) in [6, 6.07) is 4.32. The fourth-order valence-electron chi connectivity index (χ4n) is 5.43. The van der Waals surface area contributed by atoms with Gasteiger partial charge in [0.1, 0.15) is 5.82 Å². The Kier molecular flexibility index (Phi) is 6.50. The van der Waals surface area contributed by atoms with Gasteiger partial charge in [-0.15, -0.1) is 24.0 Å². The average molecular weight is 512 g/mol. The van der Waals surface area contributed by atoms with E-state index in [4.69, 9.17) is 4.74 Å². The standard InChI is InChI=1S/C21H32N6O.HI/c1-22-21(27-13-16-17(14-27)19-4-3-18(16)28-19)24-12-15-5-6-23-20(11-15)26-9-7-25(2)8-10-26;/h5-6,11,16-19H,3-4,7-10,12-14H2,1-2H3,(H,22,24);1H. The van der Waals surface area contributed by atoms with Crippen LogP contribution in [0.5, 0.6) is 0 Å². The first kappa shape index (κ1) is 21.1. The number of rotatable bonds is 3. The molecule has 0 saturated carbocycles. The summed E-state index contributed by atoms with van der Waals surface area (Å²) in [6.45, 7) is 7.22. The lowest BCUT2D eigenvalue weighted by molar-refractivity contribution is 0.0767. The molecule has 29 heavy (non-hydrogen) atoms. The van der Waals surface area contributed by atoms with Gasteiger partial charge in [0.2, 0.25) is 0 Å². The van der Waals surface area contributed by atoms with Crippen molar-refractivity contribution in [3.63, 3.8) is 0 Å². The van der Waals surface area contributed by atoms with Crippen molar-refractivity contribution in [1.29, 1.82) is 0 Å². The molecule has 4 aliphatic heterocycles. The SMILES string of the molecule is CN=C(NCc1ccnc(N2CCN(C)CC2)c1)N1CC2C3CCC(O3)C2C1.I. The number of nitrogens with one attached hydrogen (secondary N) is 1. The zero-order valence-corrected chi connectivity index (χ0v) is 19.8. The van der Waals surface area contributed by atoms with Crippen molar-refractivity contribution in [3.8, 4) is 0 Å². The van der Waals surface area contributed by atoms with E-state index in [2.05, 4.69) is 49.2 Å². The van der Waals surface area contributed by atoms with Gasteiger partial charge in [0.15, 0.2) is 5.96 Å². The van der Waals surface area contributed by atoms with Crippen LogP contribution in [0.1, 0.15) is 18.4 Å². The Hall–Kier alpha value is -1.13. The maximum absolute atomic E-state index is 6.11. The first-order valence-corrected chi connectivity index (χ1v) is 10.7. The minimum absolute atomic E-state index is 0. The van der Waals surface area contributed by atoms with Gasteiger partial charge in [-0.3, -0.25) is 4.99 Å². The lowest BCUT2D eigenvalue weighted by Crippen LogP contribution is -2.44. The topological polar surface area (TPSA) is 56.2 Å². The quantitative estimate of drug-likeness (QED) is 0.378. The Balaban J connectivity index is 0.00000205. The number of aromatic nitrogens is 1. The van der Waals surface area contributed by atoms with Crippen LogP contribution < -0.4 is 10.2 Å². The molecule has 7 nitrogen and oxygen atoms in total. The van der Waals surface area contributed by atoms with Crippen LogP contribution in [-0.4, -0.2) is 86.3 Å². The van der Waals surface area contributed by atoms with E-state index in [0.717, 1.165) is 57.6 Å². The number of fused-ring (bicyclic) bond motifs is 5. The summed E-state index contributed by atoms with van der Waals surface area (Å²) in [4.78, 5) is 16.4. The molecule has 1 N–H and O–H groups in total. The van der Waals surface area contributed by atoms with E-state index in [-0.39, 0.29) is 24.0 Å². The largest absolute Gasteiger partial charge is 0.374 e. The third-order valence-corrected chi connectivity index (χ3v) is 7.05. The van der Waals surface area contributed by atoms with E-state index in [1.54, 1.807) is 0 Å². The maximum atomic E-state index is 6.11. The van der Waals surface area contributed by atoms with Crippen LogP contribution in [0, 0.1) is 11.8 Å². The summed E-state index contributed by atoms with van der Waals surface area (Å²) in [6.07, 6.45) is 5.41. The van der Waals surface area contributed by atoms with Gasteiger partial charge in [0, 0.05) is 70.9 Å². The zero-order valence-electron chi connectivity index (χ0n) is 17.5. The Morgan fingerprint density at radius 2 is 1.86 bits per heavy atom. The highest BCUT2D eigenvalue weighted by Gasteiger charge is 2.53. The fraction of sp³-hybridized carbons (Fsp3) is 0.714. The van der Waals surface area contributed by atoms with Crippen molar-refractivity contribution >= 4 is 35.8 Å². The number of likely N-dealkylation sites (tertiary alicyclic amines) is 1.